The molecular weight excluding hydrogens is 174 g/mol. The SMILES string of the molecule is Cn1ncc2cc(/C=C/C#N)ccc21. The van der Waals surface area contributed by atoms with E-state index in [0.717, 1.165) is 16.5 Å². The molecule has 0 aliphatic carbocycles. The molecule has 1 aromatic carbocycles. The number of fused-ring (bicyclic) bond motifs is 1. The van der Waals surface area contributed by atoms with Gasteiger partial charge in [-0.05, 0) is 23.8 Å². The van der Waals surface area contributed by atoms with Crippen LogP contribution in [0.5, 0.6) is 0 Å². The Labute approximate surface area is 81.9 Å². The van der Waals surface area contributed by atoms with Crippen molar-refractivity contribution < 1.29 is 0 Å². The van der Waals surface area contributed by atoms with Crippen LogP contribution in [0.15, 0.2) is 30.5 Å². The van der Waals surface area contributed by atoms with Crippen LogP contribution in [0, 0.1) is 11.3 Å². The monoisotopic (exact) mass is 183 g/mol. The van der Waals surface area contributed by atoms with Gasteiger partial charge in [0.15, 0.2) is 0 Å². The first-order valence-electron chi connectivity index (χ1n) is 4.29. The number of rotatable bonds is 1. The van der Waals surface area contributed by atoms with Gasteiger partial charge in [-0.3, -0.25) is 4.68 Å². The molecule has 0 saturated heterocycles. The first-order valence-corrected chi connectivity index (χ1v) is 4.29. The van der Waals surface area contributed by atoms with Crippen molar-refractivity contribution in [2.45, 2.75) is 0 Å². The topological polar surface area (TPSA) is 41.6 Å². The Bertz CT molecular complexity index is 529. The molecule has 0 spiro atoms. The highest BCUT2D eigenvalue weighted by molar-refractivity contribution is 5.81. The molecule has 0 aliphatic heterocycles. The van der Waals surface area contributed by atoms with E-state index in [0.29, 0.717) is 0 Å². The fourth-order valence-electron chi connectivity index (χ4n) is 1.42. The zero-order valence-corrected chi connectivity index (χ0v) is 7.81. The van der Waals surface area contributed by atoms with E-state index >= 15 is 0 Å². The highest BCUT2D eigenvalue weighted by atomic mass is 15.2. The van der Waals surface area contributed by atoms with Gasteiger partial charge in [-0.1, -0.05) is 6.07 Å². The molecule has 1 heterocycles. The molecule has 0 atom stereocenters. The number of nitrogens with zero attached hydrogens (tertiary/aromatic N) is 3. The molecule has 68 valence electrons. The van der Waals surface area contributed by atoms with Crippen LogP contribution in [-0.4, -0.2) is 9.78 Å². The summed E-state index contributed by atoms with van der Waals surface area (Å²) in [7, 11) is 1.91. The minimum absolute atomic E-state index is 1.02. The lowest BCUT2D eigenvalue weighted by atomic mass is 10.1. The lowest BCUT2D eigenvalue weighted by Crippen LogP contribution is -1.87. The van der Waals surface area contributed by atoms with Crippen molar-refractivity contribution in [2.24, 2.45) is 7.05 Å². The molecule has 0 N–H and O–H groups in total. The first-order chi connectivity index (χ1) is 6.81. The molecule has 0 bridgehead atoms. The number of benzene rings is 1. The predicted molar refractivity (Wildman–Crippen MR) is 55.4 cm³/mol. The quantitative estimate of drug-likeness (QED) is 0.635. The van der Waals surface area contributed by atoms with Crippen LogP contribution in [-0.2, 0) is 7.05 Å². The van der Waals surface area contributed by atoms with E-state index in [-0.39, 0.29) is 0 Å². The lowest BCUT2D eigenvalue weighted by Gasteiger charge is -1.95. The average molecular weight is 183 g/mol. The third-order valence-corrected chi connectivity index (χ3v) is 2.12. The smallest absolute Gasteiger partial charge is 0.0912 e. The molecule has 0 radical (unpaired) electrons. The summed E-state index contributed by atoms with van der Waals surface area (Å²) in [4.78, 5) is 0. The number of nitriles is 1. The Balaban J connectivity index is 2.53. The number of hydrogen-bond donors (Lipinski definition) is 0. The summed E-state index contributed by atoms with van der Waals surface area (Å²) in [6.07, 6.45) is 5.07. The van der Waals surface area contributed by atoms with Gasteiger partial charge < -0.3 is 0 Å². The van der Waals surface area contributed by atoms with Gasteiger partial charge in [-0.25, -0.2) is 0 Å². The molecule has 0 aliphatic rings. The molecule has 0 amide bonds. The zero-order valence-electron chi connectivity index (χ0n) is 7.81. The molecule has 2 aromatic rings. The van der Waals surface area contributed by atoms with Crippen LogP contribution in [0.2, 0.25) is 0 Å². The van der Waals surface area contributed by atoms with Gasteiger partial charge in [0.2, 0.25) is 0 Å². The maximum Gasteiger partial charge on any atom is 0.0912 e. The van der Waals surface area contributed by atoms with E-state index in [4.69, 9.17) is 5.26 Å². The van der Waals surface area contributed by atoms with Gasteiger partial charge in [0.1, 0.15) is 0 Å². The van der Waals surface area contributed by atoms with Crippen molar-refractivity contribution in [1.29, 1.82) is 5.26 Å². The second-order valence-electron chi connectivity index (χ2n) is 3.05. The second kappa shape index (κ2) is 3.35. The summed E-state index contributed by atoms with van der Waals surface area (Å²) in [5, 5.41) is 13.6. The summed E-state index contributed by atoms with van der Waals surface area (Å²) >= 11 is 0. The molecule has 0 unspecified atom stereocenters. The van der Waals surface area contributed by atoms with Crippen molar-refractivity contribution in [3.05, 3.63) is 36.0 Å². The van der Waals surface area contributed by atoms with Crippen LogP contribution in [0.1, 0.15) is 5.56 Å². The average Bonchev–Trinajstić information content (AvgIpc) is 2.57. The van der Waals surface area contributed by atoms with Crippen LogP contribution in [0.4, 0.5) is 0 Å². The van der Waals surface area contributed by atoms with Crippen LogP contribution >= 0.6 is 0 Å². The highest BCUT2D eigenvalue weighted by Gasteiger charge is 1.98. The van der Waals surface area contributed by atoms with Crippen LogP contribution in [0.25, 0.3) is 17.0 Å². The molecule has 0 saturated carbocycles. The summed E-state index contributed by atoms with van der Waals surface area (Å²) in [5.74, 6) is 0. The van der Waals surface area contributed by atoms with E-state index in [1.165, 1.54) is 6.08 Å². The van der Waals surface area contributed by atoms with Gasteiger partial charge in [0.05, 0.1) is 17.8 Å². The summed E-state index contributed by atoms with van der Waals surface area (Å²) < 4.78 is 1.83. The Kier molecular flexibility index (Phi) is 2.04. The van der Waals surface area contributed by atoms with E-state index in [2.05, 4.69) is 5.10 Å². The van der Waals surface area contributed by atoms with Crippen molar-refractivity contribution in [2.75, 3.05) is 0 Å². The minimum atomic E-state index is 1.02. The molecule has 14 heavy (non-hydrogen) atoms. The number of aryl methyl sites for hydroxylation is 1. The Morgan fingerprint density at radius 3 is 3.14 bits per heavy atom. The third kappa shape index (κ3) is 1.38. The van der Waals surface area contributed by atoms with Gasteiger partial charge in [-0.2, -0.15) is 10.4 Å². The largest absolute Gasteiger partial charge is 0.268 e. The maximum atomic E-state index is 8.39. The zero-order chi connectivity index (χ0) is 9.97. The molecule has 1 aromatic heterocycles. The Morgan fingerprint density at radius 2 is 2.36 bits per heavy atom. The summed E-state index contributed by atoms with van der Waals surface area (Å²) in [5.41, 5.74) is 2.12. The van der Waals surface area contributed by atoms with Crippen molar-refractivity contribution in [3.8, 4) is 6.07 Å². The maximum absolute atomic E-state index is 8.39. The first kappa shape index (κ1) is 8.52. The van der Waals surface area contributed by atoms with Crippen molar-refractivity contribution in [3.63, 3.8) is 0 Å². The predicted octanol–water partition coefficient (Wildman–Crippen LogP) is 2.11. The second-order valence-corrected chi connectivity index (χ2v) is 3.05. The number of allylic oxidation sites excluding steroid dienone is 1. The van der Waals surface area contributed by atoms with E-state index in [1.54, 1.807) is 6.08 Å². The standard InChI is InChI=1S/C11H9N3/c1-14-11-5-4-9(3-2-6-12)7-10(11)8-13-14/h2-5,7-8H,1H3/b3-2+. The third-order valence-electron chi connectivity index (χ3n) is 2.12. The van der Waals surface area contributed by atoms with Crippen LogP contribution in [0.3, 0.4) is 0 Å². The number of hydrogen-bond acceptors (Lipinski definition) is 2. The van der Waals surface area contributed by atoms with Gasteiger partial charge >= 0.3 is 0 Å². The van der Waals surface area contributed by atoms with Crippen LogP contribution < -0.4 is 0 Å². The highest BCUT2D eigenvalue weighted by Crippen LogP contribution is 2.15. The normalized spacial score (nSPS) is 10.9. The van der Waals surface area contributed by atoms with E-state index in [9.17, 15) is 0 Å². The molecule has 0 fully saturated rings. The van der Waals surface area contributed by atoms with Crippen molar-refractivity contribution >= 4 is 17.0 Å². The Morgan fingerprint density at radius 1 is 1.50 bits per heavy atom. The van der Waals surface area contributed by atoms with Gasteiger partial charge in [0, 0.05) is 18.5 Å². The molecule has 2 rings (SSSR count). The van der Waals surface area contributed by atoms with Gasteiger partial charge in [0.25, 0.3) is 0 Å². The van der Waals surface area contributed by atoms with E-state index in [1.807, 2.05) is 42.2 Å². The van der Waals surface area contributed by atoms with E-state index < -0.39 is 0 Å². The summed E-state index contributed by atoms with van der Waals surface area (Å²) in [6, 6.07) is 7.95. The minimum Gasteiger partial charge on any atom is -0.268 e. The Hall–Kier alpha value is -2.08. The fourth-order valence-corrected chi connectivity index (χ4v) is 1.42. The van der Waals surface area contributed by atoms with Crippen molar-refractivity contribution in [1.82, 2.24) is 9.78 Å². The fraction of sp³-hybridized carbons (Fsp3) is 0.0909. The number of aromatic nitrogens is 2. The van der Waals surface area contributed by atoms with Gasteiger partial charge in [-0.15, -0.1) is 0 Å². The summed E-state index contributed by atoms with van der Waals surface area (Å²) in [6.45, 7) is 0. The molecule has 3 nitrogen and oxygen atoms in total. The molecular formula is C11H9N3. The lowest BCUT2D eigenvalue weighted by molar-refractivity contribution is 0.797. The molecule has 3 heteroatoms.